The maximum atomic E-state index is 10.6. The minimum Gasteiger partial charge on any atom is -0.369 e. The molecule has 0 saturated carbocycles. The lowest BCUT2D eigenvalue weighted by Crippen LogP contribution is -2.13. The SMILES string of the molecule is NC(=O)Cc1ccc2nn[nH]c2c1. The van der Waals surface area contributed by atoms with E-state index in [4.69, 9.17) is 5.73 Å². The Morgan fingerprint density at radius 1 is 1.54 bits per heavy atom. The normalized spacial score (nSPS) is 10.5. The van der Waals surface area contributed by atoms with Gasteiger partial charge in [0.1, 0.15) is 5.52 Å². The number of nitrogens with two attached hydrogens (primary N) is 1. The van der Waals surface area contributed by atoms with Crippen molar-refractivity contribution in [2.75, 3.05) is 0 Å². The predicted octanol–water partition coefficient (Wildman–Crippen LogP) is -0.0143. The molecule has 0 spiro atoms. The van der Waals surface area contributed by atoms with Gasteiger partial charge in [-0.2, -0.15) is 0 Å². The van der Waals surface area contributed by atoms with Gasteiger partial charge in [0.05, 0.1) is 11.9 Å². The zero-order valence-corrected chi connectivity index (χ0v) is 6.82. The van der Waals surface area contributed by atoms with E-state index in [0.717, 1.165) is 16.6 Å². The highest BCUT2D eigenvalue weighted by Gasteiger charge is 2.01. The number of nitrogens with zero attached hydrogens (tertiary/aromatic N) is 2. The van der Waals surface area contributed by atoms with Crippen molar-refractivity contribution in [3.05, 3.63) is 23.8 Å². The first-order valence-electron chi connectivity index (χ1n) is 3.84. The van der Waals surface area contributed by atoms with Crippen LogP contribution >= 0.6 is 0 Å². The summed E-state index contributed by atoms with van der Waals surface area (Å²) >= 11 is 0. The van der Waals surface area contributed by atoms with E-state index in [9.17, 15) is 4.79 Å². The molecular formula is C8H8N4O. The highest BCUT2D eigenvalue weighted by Crippen LogP contribution is 2.10. The standard InChI is InChI=1S/C8H8N4O/c9-8(13)4-5-1-2-6-7(3-5)11-12-10-6/h1-3H,4H2,(H2,9,13)(H,10,11,12). The van der Waals surface area contributed by atoms with E-state index in [1.165, 1.54) is 0 Å². The summed E-state index contributed by atoms with van der Waals surface area (Å²) in [5.74, 6) is -0.341. The van der Waals surface area contributed by atoms with Crippen LogP contribution in [-0.4, -0.2) is 21.3 Å². The molecule has 0 unspecified atom stereocenters. The van der Waals surface area contributed by atoms with Crippen LogP contribution in [-0.2, 0) is 11.2 Å². The number of hydrogen-bond donors (Lipinski definition) is 2. The van der Waals surface area contributed by atoms with Gasteiger partial charge in [-0.15, -0.1) is 5.10 Å². The zero-order valence-electron chi connectivity index (χ0n) is 6.82. The fourth-order valence-corrected chi connectivity index (χ4v) is 1.20. The van der Waals surface area contributed by atoms with Crippen molar-refractivity contribution >= 4 is 16.9 Å². The number of aromatic amines is 1. The van der Waals surface area contributed by atoms with Crippen molar-refractivity contribution in [3.8, 4) is 0 Å². The molecule has 1 aromatic heterocycles. The molecule has 0 aliphatic rings. The van der Waals surface area contributed by atoms with Gasteiger partial charge < -0.3 is 5.73 Å². The molecule has 3 N–H and O–H groups in total. The molecule has 0 aliphatic heterocycles. The minimum absolute atomic E-state index is 0.245. The molecule has 1 aromatic carbocycles. The molecule has 66 valence electrons. The van der Waals surface area contributed by atoms with Gasteiger partial charge in [0.25, 0.3) is 0 Å². The fraction of sp³-hybridized carbons (Fsp3) is 0.125. The van der Waals surface area contributed by atoms with Gasteiger partial charge in [0.15, 0.2) is 0 Å². The number of fused-ring (bicyclic) bond motifs is 1. The minimum atomic E-state index is -0.341. The zero-order chi connectivity index (χ0) is 9.26. The second-order valence-corrected chi connectivity index (χ2v) is 2.81. The number of H-pyrrole nitrogens is 1. The van der Waals surface area contributed by atoms with Crippen molar-refractivity contribution in [1.82, 2.24) is 15.4 Å². The number of amides is 1. The van der Waals surface area contributed by atoms with Gasteiger partial charge in [-0.1, -0.05) is 11.3 Å². The molecule has 0 bridgehead atoms. The van der Waals surface area contributed by atoms with Crippen LogP contribution in [0.1, 0.15) is 5.56 Å². The van der Waals surface area contributed by atoms with Gasteiger partial charge in [-0.3, -0.25) is 9.89 Å². The quantitative estimate of drug-likeness (QED) is 0.674. The maximum absolute atomic E-state index is 10.6. The van der Waals surface area contributed by atoms with E-state index < -0.39 is 0 Å². The largest absolute Gasteiger partial charge is 0.369 e. The van der Waals surface area contributed by atoms with Gasteiger partial charge in [-0.05, 0) is 17.7 Å². The lowest BCUT2D eigenvalue weighted by molar-refractivity contribution is -0.117. The van der Waals surface area contributed by atoms with Crippen molar-refractivity contribution < 1.29 is 4.79 Å². The van der Waals surface area contributed by atoms with E-state index in [1.54, 1.807) is 6.07 Å². The molecular weight excluding hydrogens is 168 g/mol. The Hall–Kier alpha value is -1.91. The second-order valence-electron chi connectivity index (χ2n) is 2.81. The average Bonchev–Trinajstić information content (AvgIpc) is 2.49. The molecule has 5 heteroatoms. The van der Waals surface area contributed by atoms with Crippen LogP contribution in [0.5, 0.6) is 0 Å². The third kappa shape index (κ3) is 1.48. The van der Waals surface area contributed by atoms with Gasteiger partial charge in [0, 0.05) is 0 Å². The van der Waals surface area contributed by atoms with Crippen molar-refractivity contribution in [2.45, 2.75) is 6.42 Å². The van der Waals surface area contributed by atoms with Crippen LogP contribution in [0.15, 0.2) is 18.2 Å². The Morgan fingerprint density at radius 3 is 3.15 bits per heavy atom. The molecule has 0 atom stereocenters. The predicted molar refractivity (Wildman–Crippen MR) is 46.8 cm³/mol. The summed E-state index contributed by atoms with van der Waals surface area (Å²) in [4.78, 5) is 10.6. The lowest BCUT2D eigenvalue weighted by Gasteiger charge is -1.95. The third-order valence-corrected chi connectivity index (χ3v) is 1.77. The number of rotatable bonds is 2. The van der Waals surface area contributed by atoms with Gasteiger partial charge in [0.2, 0.25) is 5.91 Å². The monoisotopic (exact) mass is 176 g/mol. The maximum Gasteiger partial charge on any atom is 0.221 e. The van der Waals surface area contributed by atoms with Crippen LogP contribution in [0.25, 0.3) is 11.0 Å². The van der Waals surface area contributed by atoms with E-state index >= 15 is 0 Å². The van der Waals surface area contributed by atoms with E-state index in [1.807, 2.05) is 12.1 Å². The fourth-order valence-electron chi connectivity index (χ4n) is 1.20. The molecule has 2 aromatic rings. The molecule has 5 nitrogen and oxygen atoms in total. The highest BCUT2D eigenvalue weighted by molar-refractivity contribution is 5.79. The number of carbonyl (C=O) groups is 1. The van der Waals surface area contributed by atoms with Crippen LogP contribution in [0.3, 0.4) is 0 Å². The summed E-state index contributed by atoms with van der Waals surface area (Å²) in [6, 6.07) is 5.44. The van der Waals surface area contributed by atoms with Crippen LogP contribution in [0, 0.1) is 0 Å². The highest BCUT2D eigenvalue weighted by atomic mass is 16.1. The Labute approximate surface area is 73.9 Å². The first kappa shape index (κ1) is 7.72. The van der Waals surface area contributed by atoms with Crippen LogP contribution in [0.4, 0.5) is 0 Å². The summed E-state index contributed by atoms with van der Waals surface area (Å²) in [5, 5.41) is 10.2. The average molecular weight is 176 g/mol. The Morgan fingerprint density at radius 2 is 2.38 bits per heavy atom. The summed E-state index contributed by atoms with van der Waals surface area (Å²) < 4.78 is 0. The number of hydrogen-bond acceptors (Lipinski definition) is 3. The Balaban J connectivity index is 2.42. The summed E-state index contributed by atoms with van der Waals surface area (Å²) in [6.45, 7) is 0. The van der Waals surface area contributed by atoms with E-state index in [-0.39, 0.29) is 12.3 Å². The van der Waals surface area contributed by atoms with Crippen molar-refractivity contribution in [1.29, 1.82) is 0 Å². The lowest BCUT2D eigenvalue weighted by atomic mass is 10.1. The Bertz CT molecular complexity index is 448. The van der Waals surface area contributed by atoms with Crippen LogP contribution < -0.4 is 5.73 Å². The third-order valence-electron chi connectivity index (χ3n) is 1.77. The van der Waals surface area contributed by atoms with Gasteiger partial charge in [-0.25, -0.2) is 0 Å². The van der Waals surface area contributed by atoms with Crippen LogP contribution in [0.2, 0.25) is 0 Å². The summed E-state index contributed by atoms with van der Waals surface area (Å²) in [7, 11) is 0. The number of carbonyl (C=O) groups excluding carboxylic acids is 1. The first-order chi connectivity index (χ1) is 6.25. The molecule has 0 saturated heterocycles. The molecule has 2 rings (SSSR count). The van der Waals surface area contributed by atoms with Crippen molar-refractivity contribution in [3.63, 3.8) is 0 Å². The van der Waals surface area contributed by atoms with E-state index in [0.29, 0.717) is 0 Å². The smallest absolute Gasteiger partial charge is 0.221 e. The molecule has 13 heavy (non-hydrogen) atoms. The van der Waals surface area contributed by atoms with E-state index in [2.05, 4.69) is 15.4 Å². The number of aromatic nitrogens is 3. The second kappa shape index (κ2) is 2.85. The summed E-state index contributed by atoms with van der Waals surface area (Å²) in [5.41, 5.74) is 7.53. The number of benzene rings is 1. The number of nitrogens with one attached hydrogen (secondary N) is 1. The molecule has 1 amide bonds. The summed E-state index contributed by atoms with van der Waals surface area (Å²) in [6.07, 6.45) is 0.245. The Kier molecular flexibility index (Phi) is 1.70. The first-order valence-corrected chi connectivity index (χ1v) is 3.84. The molecule has 0 fully saturated rings. The molecule has 1 heterocycles. The topological polar surface area (TPSA) is 84.7 Å². The van der Waals surface area contributed by atoms with Crippen molar-refractivity contribution in [2.24, 2.45) is 5.73 Å². The van der Waals surface area contributed by atoms with Gasteiger partial charge >= 0.3 is 0 Å². The molecule has 0 radical (unpaired) electrons. The number of primary amides is 1. The molecule has 0 aliphatic carbocycles.